The predicted octanol–water partition coefficient (Wildman–Crippen LogP) is 2.54. The molecule has 1 aliphatic carbocycles. The number of anilines is 1. The SMILES string of the molecule is C1=CCCC1.COC(C(N)=O)C(=O)Nc1cc(F)cc(Br)c1.COC=O. The number of primary amides is 1. The second-order valence-corrected chi connectivity index (χ2v) is 5.82. The fraction of sp³-hybridized carbons (Fsp3) is 0.353. The van der Waals surface area contributed by atoms with Crippen LogP contribution in [0.25, 0.3) is 0 Å². The molecule has 26 heavy (non-hydrogen) atoms. The lowest BCUT2D eigenvalue weighted by molar-refractivity contribution is -0.138. The average molecular weight is 433 g/mol. The summed E-state index contributed by atoms with van der Waals surface area (Å²) in [6.45, 7) is 0.375. The van der Waals surface area contributed by atoms with Crippen LogP contribution < -0.4 is 11.1 Å². The summed E-state index contributed by atoms with van der Waals surface area (Å²) in [7, 11) is 2.49. The Morgan fingerprint density at radius 1 is 1.27 bits per heavy atom. The summed E-state index contributed by atoms with van der Waals surface area (Å²) in [6, 6.07) is 3.82. The van der Waals surface area contributed by atoms with E-state index < -0.39 is 23.7 Å². The highest BCUT2D eigenvalue weighted by atomic mass is 79.9. The molecule has 0 bridgehead atoms. The Bertz CT molecular complexity index is 599. The molecule has 1 unspecified atom stereocenters. The van der Waals surface area contributed by atoms with Gasteiger partial charge in [0.05, 0.1) is 7.11 Å². The van der Waals surface area contributed by atoms with Gasteiger partial charge in [-0.1, -0.05) is 28.1 Å². The van der Waals surface area contributed by atoms with E-state index in [2.05, 4.69) is 42.9 Å². The smallest absolute Gasteiger partial charge is 0.292 e. The summed E-state index contributed by atoms with van der Waals surface area (Å²) in [5.74, 6) is -2.19. The number of carbonyl (C=O) groups excluding carboxylic acids is 3. The number of halogens is 2. The second-order valence-electron chi connectivity index (χ2n) is 4.90. The minimum atomic E-state index is -1.41. The first-order chi connectivity index (χ1) is 12.3. The fourth-order valence-electron chi connectivity index (χ4n) is 1.78. The Hall–Kier alpha value is -2.26. The van der Waals surface area contributed by atoms with Crippen LogP contribution in [0, 0.1) is 5.82 Å². The van der Waals surface area contributed by atoms with Crippen molar-refractivity contribution in [3.8, 4) is 0 Å². The molecule has 0 aliphatic heterocycles. The zero-order valence-corrected chi connectivity index (χ0v) is 16.1. The number of hydrogen-bond donors (Lipinski definition) is 2. The molecule has 1 aromatic carbocycles. The normalized spacial score (nSPS) is 12.6. The number of hydrogen-bond acceptors (Lipinski definition) is 5. The molecular weight excluding hydrogens is 411 g/mol. The largest absolute Gasteiger partial charge is 0.471 e. The summed E-state index contributed by atoms with van der Waals surface area (Å²) >= 11 is 3.07. The van der Waals surface area contributed by atoms with E-state index in [0.29, 0.717) is 10.9 Å². The number of nitrogens with one attached hydrogen (secondary N) is 1. The van der Waals surface area contributed by atoms with E-state index in [9.17, 15) is 14.0 Å². The molecule has 0 spiro atoms. The van der Waals surface area contributed by atoms with Gasteiger partial charge < -0.3 is 20.5 Å². The van der Waals surface area contributed by atoms with Crippen molar-refractivity contribution in [2.45, 2.75) is 25.4 Å². The van der Waals surface area contributed by atoms with Crippen molar-refractivity contribution < 1.29 is 28.2 Å². The highest BCUT2D eigenvalue weighted by Gasteiger charge is 2.23. The van der Waals surface area contributed by atoms with E-state index in [1.54, 1.807) is 0 Å². The number of allylic oxidation sites excluding steroid dienone is 2. The van der Waals surface area contributed by atoms with E-state index in [0.717, 1.165) is 6.07 Å². The molecule has 1 aliphatic rings. The third-order valence-electron chi connectivity index (χ3n) is 2.87. The van der Waals surface area contributed by atoms with Gasteiger partial charge in [0.2, 0.25) is 6.10 Å². The highest BCUT2D eigenvalue weighted by molar-refractivity contribution is 9.10. The third-order valence-corrected chi connectivity index (χ3v) is 3.32. The molecule has 2 rings (SSSR count). The minimum absolute atomic E-state index is 0.199. The molecule has 0 fully saturated rings. The molecule has 0 saturated carbocycles. The van der Waals surface area contributed by atoms with Gasteiger partial charge in [0.25, 0.3) is 18.3 Å². The summed E-state index contributed by atoms with van der Waals surface area (Å²) in [5, 5.41) is 2.32. The van der Waals surface area contributed by atoms with Gasteiger partial charge in [-0.15, -0.1) is 0 Å². The van der Waals surface area contributed by atoms with Gasteiger partial charge in [-0.2, -0.15) is 0 Å². The van der Waals surface area contributed by atoms with Crippen LogP contribution in [-0.2, 0) is 23.9 Å². The van der Waals surface area contributed by atoms with Crippen molar-refractivity contribution in [2.24, 2.45) is 5.73 Å². The summed E-state index contributed by atoms with van der Waals surface area (Å²) < 4.78 is 22.0. The van der Waals surface area contributed by atoms with Crippen molar-refractivity contribution in [3.05, 3.63) is 40.6 Å². The number of carbonyl (C=O) groups is 3. The van der Waals surface area contributed by atoms with Crippen LogP contribution in [-0.4, -0.2) is 38.6 Å². The number of nitrogens with two attached hydrogens (primary N) is 1. The first kappa shape index (κ1) is 23.7. The molecule has 144 valence electrons. The molecule has 2 amide bonds. The molecule has 1 atom stereocenters. The highest BCUT2D eigenvalue weighted by Crippen LogP contribution is 2.18. The van der Waals surface area contributed by atoms with Crippen LogP contribution in [0.15, 0.2) is 34.8 Å². The lowest BCUT2D eigenvalue weighted by Crippen LogP contribution is -2.40. The number of methoxy groups -OCH3 is 2. The van der Waals surface area contributed by atoms with Crippen LogP contribution in [0.2, 0.25) is 0 Å². The van der Waals surface area contributed by atoms with E-state index in [-0.39, 0.29) is 5.69 Å². The monoisotopic (exact) mass is 432 g/mol. The lowest BCUT2D eigenvalue weighted by atomic mass is 10.2. The molecule has 3 N–H and O–H groups in total. The number of amides is 2. The van der Waals surface area contributed by atoms with Gasteiger partial charge in [-0.05, 0) is 37.5 Å². The lowest BCUT2D eigenvalue weighted by Gasteiger charge is -2.12. The first-order valence-electron chi connectivity index (χ1n) is 7.56. The molecule has 7 nitrogen and oxygen atoms in total. The Kier molecular flexibility index (Phi) is 12.8. The van der Waals surface area contributed by atoms with Gasteiger partial charge >= 0.3 is 0 Å². The Labute approximate surface area is 159 Å². The minimum Gasteiger partial charge on any atom is -0.471 e. The van der Waals surface area contributed by atoms with Crippen molar-refractivity contribution in [1.29, 1.82) is 0 Å². The van der Waals surface area contributed by atoms with Crippen LogP contribution in [0.3, 0.4) is 0 Å². The topological polar surface area (TPSA) is 108 Å². The fourth-order valence-corrected chi connectivity index (χ4v) is 2.24. The molecule has 0 radical (unpaired) electrons. The van der Waals surface area contributed by atoms with Gasteiger partial charge in [0.15, 0.2) is 0 Å². The van der Waals surface area contributed by atoms with E-state index in [1.165, 1.54) is 45.6 Å². The third kappa shape index (κ3) is 10.6. The van der Waals surface area contributed by atoms with Gasteiger partial charge in [-0.3, -0.25) is 14.4 Å². The Morgan fingerprint density at radius 2 is 1.85 bits per heavy atom. The van der Waals surface area contributed by atoms with Crippen molar-refractivity contribution in [3.63, 3.8) is 0 Å². The molecule has 0 aromatic heterocycles. The number of ether oxygens (including phenoxy) is 2. The molecule has 1 aromatic rings. The zero-order valence-electron chi connectivity index (χ0n) is 14.5. The predicted molar refractivity (Wildman–Crippen MR) is 98.8 cm³/mol. The quantitative estimate of drug-likeness (QED) is 0.422. The molecule has 9 heteroatoms. The standard InChI is InChI=1S/C10H10BrFN2O3.C5H8.C2H4O2/c1-17-8(9(13)15)10(16)14-7-3-5(11)2-6(12)4-7;1-2-4-5-3-1;1-4-2-3/h2-4,8H,1H3,(H2,13,15)(H,14,16);1-2H,3-5H2;2H,1H3. The number of rotatable bonds is 5. The maximum atomic E-state index is 13.0. The number of benzene rings is 1. The van der Waals surface area contributed by atoms with E-state index in [1.807, 2.05) is 0 Å². The Morgan fingerprint density at radius 3 is 2.19 bits per heavy atom. The van der Waals surface area contributed by atoms with Crippen molar-refractivity contribution in [2.75, 3.05) is 19.5 Å². The maximum absolute atomic E-state index is 13.0. The van der Waals surface area contributed by atoms with E-state index in [4.69, 9.17) is 10.5 Å². The average Bonchev–Trinajstić information content (AvgIpc) is 3.14. The van der Waals surface area contributed by atoms with Crippen LogP contribution in [0.5, 0.6) is 0 Å². The maximum Gasteiger partial charge on any atom is 0.292 e. The van der Waals surface area contributed by atoms with Gasteiger partial charge in [-0.25, -0.2) is 4.39 Å². The van der Waals surface area contributed by atoms with E-state index >= 15 is 0 Å². The second kappa shape index (κ2) is 14.0. The molecule has 0 heterocycles. The van der Waals surface area contributed by atoms with Crippen LogP contribution in [0.4, 0.5) is 10.1 Å². The first-order valence-corrected chi connectivity index (χ1v) is 8.35. The zero-order chi connectivity index (χ0) is 19.9. The molecule has 0 saturated heterocycles. The Balaban J connectivity index is 0.000000566. The molecular formula is C17H22BrFN2O5. The van der Waals surface area contributed by atoms with Gasteiger partial charge in [0, 0.05) is 17.3 Å². The summed E-state index contributed by atoms with van der Waals surface area (Å²) in [5.41, 5.74) is 5.15. The van der Waals surface area contributed by atoms with Crippen LogP contribution in [0.1, 0.15) is 19.3 Å². The summed E-state index contributed by atoms with van der Waals surface area (Å²) in [6.07, 6.45) is 7.09. The van der Waals surface area contributed by atoms with Crippen molar-refractivity contribution in [1.82, 2.24) is 0 Å². The summed E-state index contributed by atoms with van der Waals surface area (Å²) in [4.78, 5) is 31.3. The van der Waals surface area contributed by atoms with Crippen LogP contribution >= 0.6 is 15.9 Å². The van der Waals surface area contributed by atoms with Gasteiger partial charge in [0.1, 0.15) is 5.82 Å². The van der Waals surface area contributed by atoms with Crippen molar-refractivity contribution >= 4 is 39.9 Å².